The van der Waals surface area contributed by atoms with Crippen LogP contribution in [0, 0.1) is 0 Å². The first-order valence-corrected chi connectivity index (χ1v) is 9.07. The van der Waals surface area contributed by atoms with Gasteiger partial charge in [-0.15, -0.1) is 11.3 Å². The van der Waals surface area contributed by atoms with Gasteiger partial charge in [0.15, 0.2) is 0 Å². The van der Waals surface area contributed by atoms with Crippen LogP contribution in [0.15, 0.2) is 35.3 Å². The third kappa shape index (κ3) is 2.75. The van der Waals surface area contributed by atoms with Crippen molar-refractivity contribution in [1.29, 1.82) is 0 Å². The zero-order valence-corrected chi connectivity index (χ0v) is 14.5. The molecule has 1 N–H and O–H groups in total. The molecule has 3 heterocycles. The largest absolute Gasteiger partial charge is 0.353 e. The van der Waals surface area contributed by atoms with Crippen LogP contribution in [0.25, 0.3) is 0 Å². The molecule has 23 heavy (non-hydrogen) atoms. The Balaban J connectivity index is 1.80. The number of anilines is 2. The maximum atomic E-state index is 5.05. The van der Waals surface area contributed by atoms with Crippen molar-refractivity contribution in [2.45, 2.75) is 13.3 Å². The normalized spacial score (nSPS) is 17.8. The zero-order chi connectivity index (χ0) is 15.8. The molecule has 120 valence electrons. The first kappa shape index (κ1) is 14.7. The van der Waals surface area contributed by atoms with Gasteiger partial charge in [0.1, 0.15) is 5.84 Å². The molecule has 0 bridgehead atoms. The van der Waals surface area contributed by atoms with Crippen molar-refractivity contribution in [2.24, 2.45) is 4.99 Å². The molecule has 4 nitrogen and oxygen atoms in total. The Kier molecular flexibility index (Phi) is 3.83. The van der Waals surface area contributed by atoms with Crippen LogP contribution in [0.4, 0.5) is 17.1 Å². The third-order valence-electron chi connectivity index (χ3n) is 4.54. The Hall–Kier alpha value is -1.85. The minimum absolute atomic E-state index is 1.03. The molecule has 0 aliphatic carbocycles. The molecule has 2 aliphatic rings. The standard InChI is InChI=1S/C18H22N4S/c1-3-13-12-16-17(23-13)18(22-10-8-21(2)9-11-22)20-15-7-5-4-6-14(15)19-16/h4-7,12,19H,3,8-11H2,1-2H3. The van der Waals surface area contributed by atoms with Crippen LogP contribution in [0.1, 0.15) is 16.7 Å². The monoisotopic (exact) mass is 326 g/mol. The zero-order valence-electron chi connectivity index (χ0n) is 13.7. The lowest BCUT2D eigenvalue weighted by Gasteiger charge is -2.34. The maximum Gasteiger partial charge on any atom is 0.148 e. The van der Waals surface area contributed by atoms with Crippen LogP contribution in [0.5, 0.6) is 0 Å². The maximum absolute atomic E-state index is 5.05. The molecular weight excluding hydrogens is 304 g/mol. The summed E-state index contributed by atoms with van der Waals surface area (Å²) in [4.78, 5) is 12.6. The van der Waals surface area contributed by atoms with E-state index < -0.39 is 0 Å². The first-order valence-electron chi connectivity index (χ1n) is 8.26. The van der Waals surface area contributed by atoms with Gasteiger partial charge in [0, 0.05) is 31.1 Å². The summed E-state index contributed by atoms with van der Waals surface area (Å²) in [6.45, 7) is 6.48. The molecule has 0 radical (unpaired) electrons. The topological polar surface area (TPSA) is 30.9 Å². The van der Waals surface area contributed by atoms with Crippen molar-refractivity contribution in [3.8, 4) is 0 Å². The van der Waals surface area contributed by atoms with Crippen molar-refractivity contribution >= 4 is 34.2 Å². The molecule has 5 heteroatoms. The Morgan fingerprint density at radius 3 is 2.70 bits per heavy atom. The van der Waals surface area contributed by atoms with Gasteiger partial charge >= 0.3 is 0 Å². The third-order valence-corrected chi connectivity index (χ3v) is 5.81. The number of amidine groups is 1. The van der Waals surface area contributed by atoms with Gasteiger partial charge in [-0.2, -0.15) is 0 Å². The van der Waals surface area contributed by atoms with Crippen LogP contribution >= 0.6 is 11.3 Å². The minimum Gasteiger partial charge on any atom is -0.353 e. The predicted molar refractivity (Wildman–Crippen MR) is 98.7 cm³/mol. The summed E-state index contributed by atoms with van der Waals surface area (Å²) in [5.74, 6) is 1.13. The van der Waals surface area contributed by atoms with Gasteiger partial charge in [-0.25, -0.2) is 4.99 Å². The lowest BCUT2D eigenvalue weighted by Crippen LogP contribution is -2.47. The Bertz CT molecular complexity index is 741. The highest BCUT2D eigenvalue weighted by molar-refractivity contribution is 7.14. The molecule has 0 atom stereocenters. The van der Waals surface area contributed by atoms with Crippen LogP contribution in [0.3, 0.4) is 0 Å². The summed E-state index contributed by atoms with van der Waals surface area (Å²) in [5.41, 5.74) is 3.33. The van der Waals surface area contributed by atoms with E-state index in [0.717, 1.165) is 49.8 Å². The molecule has 0 saturated carbocycles. The molecule has 2 aliphatic heterocycles. The summed E-state index contributed by atoms with van der Waals surface area (Å²) >= 11 is 1.87. The van der Waals surface area contributed by atoms with E-state index in [9.17, 15) is 0 Å². The van der Waals surface area contributed by atoms with Gasteiger partial charge in [0.25, 0.3) is 0 Å². The lowest BCUT2D eigenvalue weighted by atomic mass is 10.2. The summed E-state index contributed by atoms with van der Waals surface area (Å²) in [7, 11) is 2.19. The van der Waals surface area contributed by atoms with Crippen molar-refractivity contribution in [1.82, 2.24) is 9.80 Å². The quantitative estimate of drug-likeness (QED) is 0.867. The number of rotatable bonds is 1. The van der Waals surface area contributed by atoms with E-state index in [1.54, 1.807) is 0 Å². The smallest absolute Gasteiger partial charge is 0.148 e. The fourth-order valence-corrected chi connectivity index (χ4v) is 4.16. The molecular formula is C18H22N4S. The molecule has 0 amide bonds. The molecule has 2 aromatic rings. The Labute approximate surface area is 141 Å². The molecule has 0 spiro atoms. The van der Waals surface area contributed by atoms with E-state index in [-0.39, 0.29) is 0 Å². The number of para-hydroxylation sites is 2. The van der Waals surface area contributed by atoms with Crippen LogP contribution in [0.2, 0.25) is 0 Å². The van der Waals surface area contributed by atoms with E-state index in [1.807, 2.05) is 11.3 Å². The average molecular weight is 326 g/mol. The second-order valence-electron chi connectivity index (χ2n) is 6.18. The number of fused-ring (bicyclic) bond motifs is 2. The van der Waals surface area contributed by atoms with E-state index in [0.29, 0.717) is 0 Å². The number of likely N-dealkylation sites (N-methyl/N-ethyl adjacent to an activating group) is 1. The van der Waals surface area contributed by atoms with Gasteiger partial charge in [-0.05, 0) is 31.7 Å². The minimum atomic E-state index is 1.03. The van der Waals surface area contributed by atoms with E-state index >= 15 is 0 Å². The van der Waals surface area contributed by atoms with Crippen LogP contribution in [-0.2, 0) is 6.42 Å². The summed E-state index contributed by atoms with van der Waals surface area (Å²) in [5, 5.41) is 3.59. The SMILES string of the molecule is CCc1cc2c(s1)C(N1CCN(C)CC1)=Nc1ccccc1N2. The lowest BCUT2D eigenvalue weighted by molar-refractivity contribution is 0.216. The van der Waals surface area contributed by atoms with Gasteiger partial charge in [0.2, 0.25) is 0 Å². The second-order valence-corrected chi connectivity index (χ2v) is 7.31. The molecule has 4 rings (SSSR count). The van der Waals surface area contributed by atoms with Crippen LogP contribution < -0.4 is 5.32 Å². The van der Waals surface area contributed by atoms with E-state index in [1.165, 1.54) is 15.4 Å². The Morgan fingerprint density at radius 1 is 1.13 bits per heavy atom. The van der Waals surface area contributed by atoms with Crippen molar-refractivity contribution < 1.29 is 0 Å². The number of aliphatic imine (C=N–C) groups is 1. The summed E-state index contributed by atoms with van der Waals surface area (Å²) in [6.07, 6.45) is 1.07. The highest BCUT2D eigenvalue weighted by Crippen LogP contribution is 2.39. The molecule has 0 unspecified atom stereocenters. The number of nitrogens with one attached hydrogen (secondary N) is 1. The van der Waals surface area contributed by atoms with Crippen molar-refractivity contribution in [3.05, 3.63) is 40.1 Å². The molecule has 1 aromatic carbocycles. The predicted octanol–water partition coefficient (Wildman–Crippen LogP) is 3.69. The summed E-state index contributed by atoms with van der Waals surface area (Å²) < 4.78 is 0. The fourth-order valence-electron chi connectivity index (χ4n) is 3.09. The number of thiophene rings is 1. The highest BCUT2D eigenvalue weighted by Gasteiger charge is 2.25. The summed E-state index contributed by atoms with van der Waals surface area (Å²) in [6, 6.07) is 10.6. The van der Waals surface area contributed by atoms with Gasteiger partial charge < -0.3 is 15.1 Å². The number of nitrogens with zero attached hydrogens (tertiary/aromatic N) is 3. The number of hydrogen-bond donors (Lipinski definition) is 1. The average Bonchev–Trinajstić information content (AvgIpc) is 2.91. The number of benzene rings is 1. The van der Waals surface area contributed by atoms with Gasteiger partial charge in [0.05, 0.1) is 21.9 Å². The number of aryl methyl sites for hydroxylation is 1. The molecule has 1 saturated heterocycles. The highest BCUT2D eigenvalue weighted by atomic mass is 32.1. The van der Waals surface area contributed by atoms with Crippen molar-refractivity contribution in [3.63, 3.8) is 0 Å². The number of piperazine rings is 1. The van der Waals surface area contributed by atoms with Crippen LogP contribution in [-0.4, -0.2) is 48.9 Å². The van der Waals surface area contributed by atoms with Crippen molar-refractivity contribution in [2.75, 3.05) is 38.5 Å². The molecule has 1 aromatic heterocycles. The fraction of sp³-hybridized carbons (Fsp3) is 0.389. The van der Waals surface area contributed by atoms with Gasteiger partial charge in [-0.1, -0.05) is 19.1 Å². The van der Waals surface area contributed by atoms with E-state index in [2.05, 4.69) is 59.4 Å². The first-order chi connectivity index (χ1) is 11.2. The van der Waals surface area contributed by atoms with Gasteiger partial charge in [-0.3, -0.25) is 0 Å². The second kappa shape index (κ2) is 5.98. The Morgan fingerprint density at radius 2 is 1.91 bits per heavy atom. The number of hydrogen-bond acceptors (Lipinski definition) is 5. The van der Waals surface area contributed by atoms with E-state index in [4.69, 9.17) is 4.99 Å². The molecule has 1 fully saturated rings.